The zero-order valence-electron chi connectivity index (χ0n) is 25.8. The molecular formula is C36H43N3O6. The highest BCUT2D eigenvalue weighted by atomic mass is 16.6. The standard InChI is InChI=1S/C36H43N3O6/c1-43-35(41)39-34(33(26-12-4-2-5-13-26)27-14-6-3-7-15-27)32(40)21-28-16-9-8-11-25(28)19-20-31-22-37-30(23-44-31)24-45-36(42)38-29-17-10-18-29/h2-9,11-16,29-31,33-34,37H,10,17-24H2,1H3,(H,38,42)(H,39,41)/t30-,31+,34+/m0/s1. The number of methoxy groups -OCH3 is 1. The molecule has 2 amide bonds. The first-order chi connectivity index (χ1) is 22.0. The molecular weight excluding hydrogens is 570 g/mol. The molecule has 3 aromatic rings. The van der Waals surface area contributed by atoms with Crippen molar-refractivity contribution in [2.24, 2.45) is 0 Å². The number of morpholine rings is 1. The van der Waals surface area contributed by atoms with E-state index in [4.69, 9.17) is 14.2 Å². The number of hydrogen-bond donors (Lipinski definition) is 3. The largest absolute Gasteiger partial charge is 0.453 e. The lowest BCUT2D eigenvalue weighted by Gasteiger charge is -2.31. The van der Waals surface area contributed by atoms with Gasteiger partial charge in [-0.05, 0) is 54.4 Å². The van der Waals surface area contributed by atoms with Crippen LogP contribution in [0.1, 0.15) is 53.9 Å². The van der Waals surface area contributed by atoms with Crippen molar-refractivity contribution in [2.45, 2.75) is 68.7 Å². The molecule has 0 spiro atoms. The number of alkyl carbamates (subject to hydrolysis) is 2. The quantitative estimate of drug-likeness (QED) is 0.251. The van der Waals surface area contributed by atoms with Gasteiger partial charge in [0.15, 0.2) is 5.78 Å². The summed E-state index contributed by atoms with van der Waals surface area (Å²) < 4.78 is 16.4. The third kappa shape index (κ3) is 9.15. The molecule has 3 atom stereocenters. The van der Waals surface area contributed by atoms with E-state index in [0.717, 1.165) is 54.4 Å². The minimum Gasteiger partial charge on any atom is -0.453 e. The van der Waals surface area contributed by atoms with Crippen LogP contribution < -0.4 is 16.0 Å². The molecule has 3 N–H and O–H groups in total. The minimum absolute atomic E-state index is 0.00286. The van der Waals surface area contributed by atoms with E-state index in [9.17, 15) is 14.4 Å². The number of carbonyl (C=O) groups is 3. The molecule has 0 radical (unpaired) electrons. The van der Waals surface area contributed by atoms with Crippen molar-refractivity contribution in [3.05, 3.63) is 107 Å². The molecule has 1 saturated heterocycles. The van der Waals surface area contributed by atoms with Crippen molar-refractivity contribution in [1.29, 1.82) is 0 Å². The summed E-state index contributed by atoms with van der Waals surface area (Å²) in [6.07, 6.45) is 3.85. The van der Waals surface area contributed by atoms with Gasteiger partial charge in [-0.15, -0.1) is 0 Å². The fourth-order valence-corrected chi connectivity index (χ4v) is 5.92. The van der Waals surface area contributed by atoms with E-state index in [1.165, 1.54) is 7.11 Å². The highest BCUT2D eigenvalue weighted by Gasteiger charge is 2.33. The fourth-order valence-electron chi connectivity index (χ4n) is 5.92. The first-order valence-corrected chi connectivity index (χ1v) is 15.8. The Bertz CT molecular complexity index is 1350. The van der Waals surface area contributed by atoms with Gasteiger partial charge in [0.05, 0.1) is 25.9 Å². The average Bonchev–Trinajstić information content (AvgIpc) is 3.06. The molecule has 1 aliphatic heterocycles. The molecule has 0 bridgehead atoms. The number of benzene rings is 3. The van der Waals surface area contributed by atoms with Crippen LogP contribution in [-0.4, -0.2) is 69.1 Å². The van der Waals surface area contributed by atoms with Crippen LogP contribution in [-0.2, 0) is 31.8 Å². The van der Waals surface area contributed by atoms with E-state index < -0.39 is 18.1 Å². The summed E-state index contributed by atoms with van der Waals surface area (Å²) in [5, 5.41) is 9.17. The lowest BCUT2D eigenvalue weighted by atomic mass is 9.81. The molecule has 5 rings (SSSR count). The second-order valence-corrected chi connectivity index (χ2v) is 11.8. The average molecular weight is 614 g/mol. The van der Waals surface area contributed by atoms with E-state index in [-0.39, 0.29) is 43.1 Å². The topological polar surface area (TPSA) is 115 Å². The molecule has 9 nitrogen and oxygen atoms in total. The number of hydrogen-bond acceptors (Lipinski definition) is 7. The van der Waals surface area contributed by atoms with Crippen molar-refractivity contribution in [3.8, 4) is 0 Å². The Labute approximate surface area is 265 Å². The summed E-state index contributed by atoms with van der Waals surface area (Å²) in [6, 6.07) is 26.8. The van der Waals surface area contributed by atoms with Crippen LogP contribution in [0.4, 0.5) is 9.59 Å². The highest BCUT2D eigenvalue weighted by molar-refractivity contribution is 5.91. The summed E-state index contributed by atoms with van der Waals surface area (Å²) in [4.78, 5) is 38.6. The van der Waals surface area contributed by atoms with Crippen LogP contribution >= 0.6 is 0 Å². The molecule has 1 aliphatic carbocycles. The summed E-state index contributed by atoms with van der Waals surface area (Å²) in [6.45, 7) is 1.38. The monoisotopic (exact) mass is 613 g/mol. The number of Topliss-reactive ketones (excluding diaryl/α,β-unsaturated/α-hetero) is 1. The van der Waals surface area contributed by atoms with Crippen LogP contribution in [0.3, 0.4) is 0 Å². The molecule has 0 aromatic heterocycles. The Balaban J connectivity index is 1.21. The van der Waals surface area contributed by atoms with E-state index in [0.29, 0.717) is 13.2 Å². The molecule has 3 aromatic carbocycles. The molecule has 45 heavy (non-hydrogen) atoms. The molecule has 1 saturated carbocycles. The zero-order chi connectivity index (χ0) is 31.4. The van der Waals surface area contributed by atoms with Gasteiger partial charge in [-0.2, -0.15) is 0 Å². The van der Waals surface area contributed by atoms with Crippen molar-refractivity contribution in [2.75, 3.05) is 26.9 Å². The van der Waals surface area contributed by atoms with Crippen LogP contribution in [0, 0.1) is 0 Å². The van der Waals surface area contributed by atoms with E-state index in [1.807, 2.05) is 84.9 Å². The summed E-state index contributed by atoms with van der Waals surface area (Å²) in [5.74, 6) is -0.501. The third-order valence-electron chi connectivity index (χ3n) is 8.69. The Hall–Kier alpha value is -4.21. The summed E-state index contributed by atoms with van der Waals surface area (Å²) in [5.41, 5.74) is 3.85. The highest BCUT2D eigenvalue weighted by Crippen LogP contribution is 2.30. The zero-order valence-corrected chi connectivity index (χ0v) is 25.8. The molecule has 0 unspecified atom stereocenters. The molecule has 238 valence electrons. The van der Waals surface area contributed by atoms with Gasteiger partial charge in [0, 0.05) is 24.9 Å². The Kier molecular flexibility index (Phi) is 11.6. The van der Waals surface area contributed by atoms with Gasteiger partial charge >= 0.3 is 12.2 Å². The van der Waals surface area contributed by atoms with Gasteiger partial charge in [0.1, 0.15) is 12.6 Å². The van der Waals surface area contributed by atoms with Crippen molar-refractivity contribution < 1.29 is 28.6 Å². The van der Waals surface area contributed by atoms with Crippen molar-refractivity contribution >= 4 is 18.0 Å². The second kappa shape index (κ2) is 16.2. The van der Waals surface area contributed by atoms with E-state index in [2.05, 4.69) is 16.0 Å². The Morgan fingerprint density at radius 2 is 1.53 bits per heavy atom. The van der Waals surface area contributed by atoms with Crippen LogP contribution in [0.25, 0.3) is 0 Å². The smallest absolute Gasteiger partial charge is 0.407 e. The van der Waals surface area contributed by atoms with Gasteiger partial charge in [-0.1, -0.05) is 84.9 Å². The van der Waals surface area contributed by atoms with Gasteiger partial charge in [-0.25, -0.2) is 9.59 Å². The molecule has 2 aliphatic rings. The van der Waals surface area contributed by atoms with E-state index >= 15 is 0 Å². The number of carbonyl (C=O) groups excluding carboxylic acids is 3. The second-order valence-electron chi connectivity index (χ2n) is 11.8. The Morgan fingerprint density at radius 1 is 0.889 bits per heavy atom. The summed E-state index contributed by atoms with van der Waals surface area (Å²) >= 11 is 0. The van der Waals surface area contributed by atoms with Crippen LogP contribution in [0.15, 0.2) is 84.9 Å². The minimum atomic E-state index is -0.837. The first-order valence-electron chi connectivity index (χ1n) is 15.8. The number of aryl methyl sites for hydroxylation is 1. The number of ketones is 1. The van der Waals surface area contributed by atoms with E-state index in [1.54, 1.807) is 0 Å². The lowest BCUT2D eigenvalue weighted by Crippen LogP contribution is -2.50. The third-order valence-corrected chi connectivity index (χ3v) is 8.69. The normalized spacial score (nSPS) is 18.8. The maximum absolute atomic E-state index is 14.1. The van der Waals surface area contributed by atoms with Crippen LogP contribution in [0.2, 0.25) is 0 Å². The van der Waals surface area contributed by atoms with Crippen LogP contribution in [0.5, 0.6) is 0 Å². The fraction of sp³-hybridized carbons (Fsp3) is 0.417. The molecule has 1 heterocycles. The first kappa shape index (κ1) is 32.2. The maximum Gasteiger partial charge on any atom is 0.407 e. The number of nitrogens with one attached hydrogen (secondary N) is 3. The van der Waals surface area contributed by atoms with Gasteiger partial charge < -0.3 is 30.2 Å². The molecule has 2 fully saturated rings. The van der Waals surface area contributed by atoms with Gasteiger partial charge in [0.25, 0.3) is 0 Å². The number of amides is 2. The van der Waals surface area contributed by atoms with Gasteiger partial charge in [-0.3, -0.25) is 4.79 Å². The number of ether oxygens (including phenoxy) is 3. The summed E-state index contributed by atoms with van der Waals surface area (Å²) in [7, 11) is 1.30. The maximum atomic E-state index is 14.1. The predicted molar refractivity (Wildman–Crippen MR) is 171 cm³/mol. The number of rotatable bonds is 13. The lowest BCUT2D eigenvalue weighted by molar-refractivity contribution is -0.120. The Morgan fingerprint density at radius 3 is 2.11 bits per heavy atom. The predicted octanol–water partition coefficient (Wildman–Crippen LogP) is 4.92. The van der Waals surface area contributed by atoms with Gasteiger partial charge in [0.2, 0.25) is 0 Å². The molecule has 9 heteroatoms. The van der Waals surface area contributed by atoms with Crippen molar-refractivity contribution in [1.82, 2.24) is 16.0 Å². The SMILES string of the molecule is COC(=O)N[C@H](C(=O)Cc1ccccc1CC[C@@H]1CN[C@H](COC(=O)NC2CCC2)CO1)C(c1ccccc1)c1ccccc1. The van der Waals surface area contributed by atoms with Crippen molar-refractivity contribution in [3.63, 3.8) is 0 Å².